The Labute approximate surface area is 232 Å². The molecule has 40 heavy (non-hydrogen) atoms. The molecule has 0 aromatic heterocycles. The molecule has 8 aromatic rings. The maximum absolute atomic E-state index is 2.46. The lowest BCUT2D eigenvalue weighted by molar-refractivity contribution is 1.27. The van der Waals surface area contributed by atoms with Crippen LogP contribution in [0.15, 0.2) is 121 Å². The highest BCUT2D eigenvalue weighted by Crippen LogP contribution is 2.45. The summed E-state index contributed by atoms with van der Waals surface area (Å²) in [5.74, 6) is 0. The van der Waals surface area contributed by atoms with Crippen LogP contribution in [-0.2, 0) is 12.8 Å². The first-order valence-corrected chi connectivity index (χ1v) is 14.2. The molecule has 0 heteroatoms. The lowest BCUT2D eigenvalue weighted by Crippen LogP contribution is -1.85. The molecule has 2 aliphatic carbocycles. The van der Waals surface area contributed by atoms with E-state index in [1.54, 1.807) is 0 Å². The van der Waals surface area contributed by atoms with Crippen molar-refractivity contribution in [3.8, 4) is 22.3 Å². The molecule has 184 valence electrons. The zero-order valence-corrected chi connectivity index (χ0v) is 22.0. The van der Waals surface area contributed by atoms with E-state index in [0.717, 1.165) is 12.8 Å². The largest absolute Gasteiger partial charge is 0.0616 e. The summed E-state index contributed by atoms with van der Waals surface area (Å²) in [6.07, 6.45) is 2.02. The van der Waals surface area contributed by atoms with Crippen LogP contribution >= 0.6 is 0 Å². The van der Waals surface area contributed by atoms with Crippen LogP contribution in [0.2, 0.25) is 0 Å². The molecular weight excluding hydrogens is 480 g/mol. The number of fused-ring (bicyclic) bond motifs is 11. The van der Waals surface area contributed by atoms with E-state index >= 15 is 0 Å². The minimum atomic E-state index is 1.01. The maximum Gasteiger partial charge on any atom is -0.00130 e. The van der Waals surface area contributed by atoms with E-state index in [2.05, 4.69) is 121 Å². The van der Waals surface area contributed by atoms with E-state index in [9.17, 15) is 0 Å². The van der Waals surface area contributed by atoms with Gasteiger partial charge in [-0.15, -0.1) is 0 Å². The van der Waals surface area contributed by atoms with Crippen LogP contribution in [0.5, 0.6) is 0 Å². The van der Waals surface area contributed by atoms with Gasteiger partial charge in [0.25, 0.3) is 0 Å². The zero-order chi connectivity index (χ0) is 25.9. The normalized spacial score (nSPS) is 13.3. The lowest BCUT2D eigenvalue weighted by Gasteiger charge is -2.10. The van der Waals surface area contributed by atoms with Crippen LogP contribution in [-0.4, -0.2) is 0 Å². The topological polar surface area (TPSA) is 0 Å². The van der Waals surface area contributed by atoms with Gasteiger partial charge in [0.1, 0.15) is 0 Å². The summed E-state index contributed by atoms with van der Waals surface area (Å²) in [6, 6.07) is 46.3. The SMILES string of the molecule is c1ccc2cc3cc4c(cc3cc2c1)Cc1cc2cc3c(cc2cc1-4)Cc1cc2cc4ccccc4cc2cc1-3. The minimum Gasteiger partial charge on any atom is -0.0616 e. The van der Waals surface area contributed by atoms with Crippen molar-refractivity contribution in [3.05, 3.63) is 144 Å². The van der Waals surface area contributed by atoms with Gasteiger partial charge in [-0.2, -0.15) is 0 Å². The van der Waals surface area contributed by atoms with Crippen molar-refractivity contribution in [2.75, 3.05) is 0 Å². The molecule has 0 bridgehead atoms. The highest BCUT2D eigenvalue weighted by atomic mass is 14.3. The average molecular weight is 505 g/mol. The Bertz CT molecular complexity index is 2250. The first-order valence-electron chi connectivity index (χ1n) is 14.2. The summed E-state index contributed by atoms with van der Waals surface area (Å²) < 4.78 is 0. The smallest absolute Gasteiger partial charge is 0.00130 e. The van der Waals surface area contributed by atoms with Gasteiger partial charge in [0.05, 0.1) is 0 Å². The van der Waals surface area contributed by atoms with Gasteiger partial charge < -0.3 is 0 Å². The molecule has 0 N–H and O–H groups in total. The van der Waals surface area contributed by atoms with E-state index in [4.69, 9.17) is 0 Å². The second-order valence-corrected chi connectivity index (χ2v) is 11.8. The molecule has 0 saturated carbocycles. The molecule has 8 aromatic carbocycles. The first kappa shape index (κ1) is 21.0. The van der Waals surface area contributed by atoms with Crippen molar-refractivity contribution >= 4 is 53.9 Å². The van der Waals surface area contributed by atoms with Crippen molar-refractivity contribution < 1.29 is 0 Å². The zero-order valence-electron chi connectivity index (χ0n) is 22.0. The van der Waals surface area contributed by atoms with E-state index in [1.807, 2.05) is 0 Å². The van der Waals surface area contributed by atoms with Crippen LogP contribution in [0.3, 0.4) is 0 Å². The third-order valence-electron chi connectivity index (χ3n) is 9.48. The van der Waals surface area contributed by atoms with Crippen LogP contribution in [0.4, 0.5) is 0 Å². The number of benzene rings is 8. The van der Waals surface area contributed by atoms with Gasteiger partial charge in [-0.3, -0.25) is 0 Å². The standard InChI is InChI=1S/C40H24/c1-3-7-25-11-29-19-37-33(13-27(29)9-23(25)5-1)17-35-15-31-22-40-36(16-32(31)21-39(35)37)18-34-14-28-10-24-6-2-4-8-26(24)12-30(28)20-38(34)40/h1-16,19-22H,17-18H2. The van der Waals surface area contributed by atoms with Crippen molar-refractivity contribution in [1.82, 2.24) is 0 Å². The van der Waals surface area contributed by atoms with Crippen LogP contribution in [0.1, 0.15) is 22.3 Å². The summed E-state index contributed by atoms with van der Waals surface area (Å²) in [6.45, 7) is 0. The van der Waals surface area contributed by atoms with E-state index in [0.29, 0.717) is 0 Å². The highest BCUT2D eigenvalue weighted by molar-refractivity contribution is 6.05. The molecule has 0 heterocycles. The van der Waals surface area contributed by atoms with E-state index in [1.165, 1.54) is 98.4 Å². The molecule has 0 unspecified atom stereocenters. The minimum absolute atomic E-state index is 1.01. The van der Waals surface area contributed by atoms with Gasteiger partial charge in [0, 0.05) is 0 Å². The molecule has 0 amide bonds. The Kier molecular flexibility index (Phi) is 3.86. The molecule has 0 aliphatic heterocycles. The molecule has 0 spiro atoms. The second-order valence-electron chi connectivity index (χ2n) is 11.8. The Hall–Kier alpha value is -4.94. The van der Waals surface area contributed by atoms with Gasteiger partial charge in [0.2, 0.25) is 0 Å². The predicted molar refractivity (Wildman–Crippen MR) is 170 cm³/mol. The predicted octanol–water partition coefficient (Wildman–Crippen LogP) is 10.6. The lowest BCUT2D eigenvalue weighted by atomic mass is 9.94. The fourth-order valence-electron chi connectivity index (χ4n) is 7.52. The van der Waals surface area contributed by atoms with Gasteiger partial charge >= 0.3 is 0 Å². The number of hydrogen-bond acceptors (Lipinski definition) is 0. The Morgan fingerprint density at radius 3 is 0.800 bits per heavy atom. The fraction of sp³-hybridized carbons (Fsp3) is 0.0500. The molecule has 0 nitrogen and oxygen atoms in total. The summed E-state index contributed by atoms with van der Waals surface area (Å²) in [5.41, 5.74) is 11.4. The first-order chi connectivity index (χ1) is 19.7. The van der Waals surface area contributed by atoms with Gasteiger partial charge in [-0.1, -0.05) is 72.8 Å². The van der Waals surface area contributed by atoms with E-state index < -0.39 is 0 Å². The van der Waals surface area contributed by atoms with Gasteiger partial charge in [-0.05, 0) is 160 Å². The molecule has 0 atom stereocenters. The molecule has 10 rings (SSSR count). The fourth-order valence-corrected chi connectivity index (χ4v) is 7.52. The van der Waals surface area contributed by atoms with Crippen molar-refractivity contribution in [2.24, 2.45) is 0 Å². The summed E-state index contributed by atoms with van der Waals surface area (Å²) in [7, 11) is 0. The van der Waals surface area contributed by atoms with Crippen molar-refractivity contribution in [1.29, 1.82) is 0 Å². The maximum atomic E-state index is 2.46. The Morgan fingerprint density at radius 2 is 0.500 bits per heavy atom. The van der Waals surface area contributed by atoms with Crippen molar-refractivity contribution in [2.45, 2.75) is 12.8 Å². The monoisotopic (exact) mass is 504 g/mol. The third kappa shape index (κ3) is 2.86. The van der Waals surface area contributed by atoms with Crippen LogP contribution in [0.25, 0.3) is 76.1 Å². The summed E-state index contributed by atoms with van der Waals surface area (Å²) >= 11 is 0. The molecule has 0 saturated heterocycles. The second kappa shape index (κ2) is 7.37. The molecular formula is C40H24. The summed E-state index contributed by atoms with van der Waals surface area (Å²) in [4.78, 5) is 0. The number of rotatable bonds is 0. The highest BCUT2D eigenvalue weighted by Gasteiger charge is 2.23. The Balaban J connectivity index is 1.12. The molecule has 0 radical (unpaired) electrons. The average Bonchev–Trinajstić information content (AvgIpc) is 3.49. The third-order valence-corrected chi connectivity index (χ3v) is 9.48. The van der Waals surface area contributed by atoms with Crippen molar-refractivity contribution in [3.63, 3.8) is 0 Å². The molecule has 2 aliphatic rings. The van der Waals surface area contributed by atoms with Gasteiger partial charge in [-0.25, -0.2) is 0 Å². The number of hydrogen-bond donors (Lipinski definition) is 0. The van der Waals surface area contributed by atoms with Gasteiger partial charge in [0.15, 0.2) is 0 Å². The van der Waals surface area contributed by atoms with Crippen LogP contribution < -0.4 is 0 Å². The van der Waals surface area contributed by atoms with Crippen LogP contribution in [0, 0.1) is 0 Å². The quantitative estimate of drug-likeness (QED) is 0.180. The summed E-state index contributed by atoms with van der Waals surface area (Å²) in [5, 5.41) is 13.3. The Morgan fingerprint density at radius 1 is 0.250 bits per heavy atom. The molecule has 0 fully saturated rings. The van der Waals surface area contributed by atoms with E-state index in [-0.39, 0.29) is 0 Å².